The van der Waals surface area contributed by atoms with Crippen LogP contribution in [0.2, 0.25) is 0 Å². The summed E-state index contributed by atoms with van der Waals surface area (Å²) in [5, 5.41) is 0. The van der Waals surface area contributed by atoms with Crippen LogP contribution < -0.4 is 0 Å². The zero-order chi connectivity index (χ0) is 0. The summed E-state index contributed by atoms with van der Waals surface area (Å²) in [4.78, 5) is 0. The van der Waals surface area contributed by atoms with E-state index in [0.29, 0.717) is 0 Å². The van der Waals surface area contributed by atoms with E-state index in [2.05, 4.69) is 0 Å². The van der Waals surface area contributed by atoms with Gasteiger partial charge in [-0.1, -0.05) is 0 Å². The molecule has 0 aromatic rings. The maximum atomic E-state index is 0. The van der Waals surface area contributed by atoms with Gasteiger partial charge in [0.1, 0.15) is 0 Å². The van der Waals surface area contributed by atoms with Crippen LogP contribution in [0.5, 0.6) is 0 Å². The molecular weight excluding hydrogens is 162 g/mol. The van der Waals surface area contributed by atoms with E-state index < -0.39 is 0 Å². The van der Waals surface area contributed by atoms with Gasteiger partial charge in [-0.05, 0) is 0 Å². The third-order valence-electron chi connectivity index (χ3n) is 0. The summed E-state index contributed by atoms with van der Waals surface area (Å²) >= 11 is 0. The molecule has 8 valence electrons. The molecular formula is AlOSiZr+9. The fourth-order valence-electron chi connectivity index (χ4n) is 0. The van der Waals surface area contributed by atoms with Crippen molar-refractivity contribution in [2.45, 2.75) is 0 Å². The van der Waals surface area contributed by atoms with Crippen molar-refractivity contribution in [3.05, 3.63) is 0 Å². The van der Waals surface area contributed by atoms with Crippen LogP contribution in [0.3, 0.4) is 0 Å². The maximum Gasteiger partial charge on any atom is 4.00 e. The van der Waals surface area contributed by atoms with E-state index in [-0.39, 0.29) is 60.0 Å². The average Bonchev–Trinajstić information content (AvgIpc) is 0. The Kier molecular flexibility index (Phi) is 272. The van der Waals surface area contributed by atoms with Crippen LogP contribution in [0.25, 0.3) is 0 Å². The van der Waals surface area contributed by atoms with Crippen molar-refractivity contribution in [3.63, 3.8) is 0 Å². The first-order valence-corrected chi connectivity index (χ1v) is 0. The maximum absolute atomic E-state index is 0. The molecule has 0 atom stereocenters. The Bertz CT molecular complexity index is 8.00. The van der Waals surface area contributed by atoms with Gasteiger partial charge < -0.3 is 5.48 Å². The molecule has 0 fully saturated rings. The third kappa shape index (κ3) is 9.52. The molecule has 0 aliphatic rings. The van der Waals surface area contributed by atoms with Gasteiger partial charge in [-0.3, -0.25) is 0 Å². The van der Waals surface area contributed by atoms with Crippen LogP contribution in [-0.4, -0.2) is 28.3 Å². The molecule has 0 aromatic carbocycles. The summed E-state index contributed by atoms with van der Waals surface area (Å²) in [6, 6.07) is 0. The molecule has 0 saturated carbocycles. The van der Waals surface area contributed by atoms with Crippen LogP contribution in [0.15, 0.2) is 0 Å². The van der Waals surface area contributed by atoms with E-state index in [1.807, 2.05) is 0 Å². The topological polar surface area (TPSA) is 28.5 Å². The van der Waals surface area contributed by atoms with E-state index in [1.54, 1.807) is 0 Å². The number of hydrogen-bond donors (Lipinski definition) is 0. The normalized spacial score (nSPS) is 0. The van der Waals surface area contributed by atoms with E-state index in [0.717, 1.165) is 0 Å². The minimum Gasteiger partial charge on any atom is -2.00 e. The first-order valence-electron chi connectivity index (χ1n) is 0. The zero-order valence-electron chi connectivity index (χ0n) is 1.99. The van der Waals surface area contributed by atoms with Gasteiger partial charge in [0, 0.05) is 0 Å². The average molecular weight is 162 g/mol. The quantitative estimate of drug-likeness (QED) is 0.414. The molecule has 0 saturated heterocycles. The van der Waals surface area contributed by atoms with Gasteiger partial charge in [-0.2, -0.15) is 0 Å². The molecule has 4 heavy (non-hydrogen) atoms. The van der Waals surface area contributed by atoms with Gasteiger partial charge in [0.05, 0.1) is 0 Å². The molecule has 0 rings (SSSR count). The van der Waals surface area contributed by atoms with Crippen molar-refractivity contribution in [1.82, 2.24) is 0 Å². The third-order valence-corrected chi connectivity index (χ3v) is 0. The summed E-state index contributed by atoms with van der Waals surface area (Å²) in [6.07, 6.45) is 0. The Morgan fingerprint density at radius 1 is 1.00 bits per heavy atom. The molecule has 1 nitrogen and oxygen atoms in total. The molecule has 0 bridgehead atoms. The van der Waals surface area contributed by atoms with Crippen molar-refractivity contribution >= 4 is 28.3 Å². The summed E-state index contributed by atoms with van der Waals surface area (Å²) in [5.41, 5.74) is 0. The van der Waals surface area contributed by atoms with E-state index >= 15 is 0 Å². The molecule has 4 heteroatoms. The van der Waals surface area contributed by atoms with E-state index in [1.165, 1.54) is 0 Å². The van der Waals surface area contributed by atoms with Gasteiger partial charge in [-0.25, -0.2) is 0 Å². The standard InChI is InChI=1S/Al.O.Si.Zr/q+3;-2;2*+4. The first-order chi connectivity index (χ1) is 0. The van der Waals surface area contributed by atoms with Crippen LogP contribution >= 0.6 is 0 Å². The Labute approximate surface area is 59.7 Å². The van der Waals surface area contributed by atoms with Crippen LogP contribution in [0, 0.1) is 0 Å². The van der Waals surface area contributed by atoms with Crippen LogP contribution in [-0.2, 0) is 31.7 Å². The molecule has 0 N–H and O–H groups in total. The van der Waals surface area contributed by atoms with Crippen molar-refractivity contribution in [2.75, 3.05) is 0 Å². The molecule has 0 unspecified atom stereocenters. The molecule has 0 aliphatic carbocycles. The van der Waals surface area contributed by atoms with Crippen molar-refractivity contribution in [1.29, 1.82) is 0 Å². The summed E-state index contributed by atoms with van der Waals surface area (Å²) in [6.45, 7) is 0. The number of rotatable bonds is 0. The second kappa shape index (κ2) is 23.4. The molecule has 0 amide bonds. The van der Waals surface area contributed by atoms with Gasteiger partial charge in [0.15, 0.2) is 0 Å². The molecule has 0 radical (unpaired) electrons. The van der Waals surface area contributed by atoms with Crippen molar-refractivity contribution in [3.8, 4) is 0 Å². The zero-order valence-corrected chi connectivity index (χ0v) is 6.60. The minimum atomic E-state index is 0. The fraction of sp³-hybridized carbons (Fsp3) is 0. The largest absolute Gasteiger partial charge is 4.00 e. The van der Waals surface area contributed by atoms with Crippen molar-refractivity contribution < 1.29 is 31.7 Å². The van der Waals surface area contributed by atoms with Crippen molar-refractivity contribution in [2.24, 2.45) is 0 Å². The second-order valence-corrected chi connectivity index (χ2v) is 0. The van der Waals surface area contributed by atoms with E-state index in [4.69, 9.17) is 0 Å². The predicted octanol–water partition coefficient (Wildman–Crippen LogP) is -0.883. The van der Waals surface area contributed by atoms with Gasteiger partial charge >= 0.3 is 54.5 Å². The molecule has 0 aliphatic heterocycles. The summed E-state index contributed by atoms with van der Waals surface area (Å²) < 4.78 is 0. The summed E-state index contributed by atoms with van der Waals surface area (Å²) in [7, 11) is 0. The Morgan fingerprint density at radius 3 is 1.00 bits per heavy atom. The fourth-order valence-corrected chi connectivity index (χ4v) is 0. The SMILES string of the molecule is [Al+3].[O-2].[Si+4].[Zr+4]. The van der Waals surface area contributed by atoms with Crippen LogP contribution in [0.1, 0.15) is 0 Å². The summed E-state index contributed by atoms with van der Waals surface area (Å²) in [5.74, 6) is 0. The van der Waals surface area contributed by atoms with Gasteiger partial charge in [0.25, 0.3) is 0 Å². The predicted molar refractivity (Wildman–Crippen MR) is 12.2 cm³/mol. The van der Waals surface area contributed by atoms with E-state index in [9.17, 15) is 0 Å². The minimum absolute atomic E-state index is 0. The Morgan fingerprint density at radius 2 is 1.00 bits per heavy atom. The second-order valence-electron chi connectivity index (χ2n) is 0. The molecule has 0 aromatic heterocycles. The number of hydrogen-bond acceptors (Lipinski definition) is 0. The Balaban J connectivity index is 0. The van der Waals surface area contributed by atoms with Gasteiger partial charge in [-0.15, -0.1) is 0 Å². The van der Waals surface area contributed by atoms with Crippen LogP contribution in [0.4, 0.5) is 0 Å². The first kappa shape index (κ1) is 46.5. The molecule has 0 spiro atoms. The Hall–Kier alpha value is 1.59. The molecule has 0 heterocycles. The van der Waals surface area contributed by atoms with Gasteiger partial charge in [0.2, 0.25) is 0 Å². The monoisotopic (exact) mass is 161 g/mol. The smallest absolute Gasteiger partial charge is 2.00 e.